The summed E-state index contributed by atoms with van der Waals surface area (Å²) in [5.41, 5.74) is 8.44. The molecule has 126 valence electrons. The fraction of sp³-hybridized carbons (Fsp3) is 0.350. The number of benzene rings is 2. The van der Waals surface area contributed by atoms with E-state index in [1.165, 1.54) is 12.8 Å². The highest BCUT2D eigenvalue weighted by Crippen LogP contribution is 2.22. The predicted octanol–water partition coefficient (Wildman–Crippen LogP) is 3.40. The maximum absolute atomic E-state index is 12.4. The van der Waals surface area contributed by atoms with E-state index in [1.807, 2.05) is 48.5 Å². The molecule has 4 heteroatoms. The molecule has 2 aromatic rings. The van der Waals surface area contributed by atoms with Crippen molar-refractivity contribution in [1.29, 1.82) is 0 Å². The number of carbonyl (C=O) groups excluding carboxylic acids is 1. The highest BCUT2D eigenvalue weighted by atomic mass is 16.5. The van der Waals surface area contributed by atoms with Crippen LogP contribution in [0.3, 0.4) is 0 Å². The second-order valence-electron chi connectivity index (χ2n) is 6.26. The fourth-order valence-corrected chi connectivity index (χ4v) is 3.10. The van der Waals surface area contributed by atoms with Crippen LogP contribution in [0.2, 0.25) is 0 Å². The SMILES string of the molecule is NCc1cc(C(=O)NC2CCCC2)ccc1OCc1ccccc1. The van der Waals surface area contributed by atoms with E-state index in [0.29, 0.717) is 24.8 Å². The Bertz CT molecular complexity index is 679. The van der Waals surface area contributed by atoms with Crippen LogP contribution in [0, 0.1) is 0 Å². The first-order chi connectivity index (χ1) is 11.8. The molecule has 0 spiro atoms. The van der Waals surface area contributed by atoms with E-state index in [0.717, 1.165) is 29.7 Å². The minimum Gasteiger partial charge on any atom is -0.489 e. The first-order valence-electron chi connectivity index (χ1n) is 8.57. The molecule has 24 heavy (non-hydrogen) atoms. The molecule has 4 nitrogen and oxygen atoms in total. The highest BCUT2D eigenvalue weighted by Gasteiger charge is 2.18. The van der Waals surface area contributed by atoms with Crippen molar-refractivity contribution >= 4 is 5.91 Å². The van der Waals surface area contributed by atoms with Gasteiger partial charge in [0.1, 0.15) is 12.4 Å². The van der Waals surface area contributed by atoms with Crippen molar-refractivity contribution in [2.45, 2.75) is 44.9 Å². The van der Waals surface area contributed by atoms with Crippen LogP contribution >= 0.6 is 0 Å². The van der Waals surface area contributed by atoms with Crippen molar-refractivity contribution in [2.75, 3.05) is 0 Å². The van der Waals surface area contributed by atoms with Gasteiger partial charge < -0.3 is 15.8 Å². The Balaban J connectivity index is 1.66. The molecule has 0 aromatic heterocycles. The Morgan fingerprint density at radius 3 is 2.58 bits per heavy atom. The Kier molecular flexibility index (Phi) is 5.49. The first kappa shape index (κ1) is 16.5. The fourth-order valence-electron chi connectivity index (χ4n) is 3.10. The molecule has 1 aliphatic carbocycles. The summed E-state index contributed by atoms with van der Waals surface area (Å²) in [7, 11) is 0. The van der Waals surface area contributed by atoms with Crippen molar-refractivity contribution in [3.8, 4) is 5.75 Å². The molecule has 0 unspecified atom stereocenters. The van der Waals surface area contributed by atoms with Crippen LogP contribution in [0.15, 0.2) is 48.5 Å². The third-order valence-corrected chi connectivity index (χ3v) is 4.47. The van der Waals surface area contributed by atoms with Gasteiger partial charge in [0.05, 0.1) is 0 Å². The van der Waals surface area contributed by atoms with Gasteiger partial charge in [-0.1, -0.05) is 43.2 Å². The summed E-state index contributed by atoms with van der Waals surface area (Å²) in [6, 6.07) is 15.8. The van der Waals surface area contributed by atoms with Crippen LogP contribution in [0.5, 0.6) is 5.75 Å². The van der Waals surface area contributed by atoms with Gasteiger partial charge in [-0.2, -0.15) is 0 Å². The topological polar surface area (TPSA) is 64.4 Å². The molecule has 1 aliphatic rings. The highest BCUT2D eigenvalue weighted by molar-refractivity contribution is 5.94. The van der Waals surface area contributed by atoms with E-state index < -0.39 is 0 Å². The normalized spacial score (nSPS) is 14.5. The summed E-state index contributed by atoms with van der Waals surface area (Å²) < 4.78 is 5.87. The van der Waals surface area contributed by atoms with Crippen molar-refractivity contribution < 1.29 is 9.53 Å². The third kappa shape index (κ3) is 4.15. The number of carbonyl (C=O) groups is 1. The van der Waals surface area contributed by atoms with E-state index in [1.54, 1.807) is 0 Å². The summed E-state index contributed by atoms with van der Waals surface area (Å²) in [6.07, 6.45) is 4.55. The van der Waals surface area contributed by atoms with Crippen LogP contribution in [0.1, 0.15) is 47.2 Å². The average molecular weight is 324 g/mol. The maximum atomic E-state index is 12.4. The number of hydrogen-bond donors (Lipinski definition) is 2. The second-order valence-corrected chi connectivity index (χ2v) is 6.26. The van der Waals surface area contributed by atoms with Crippen molar-refractivity contribution in [1.82, 2.24) is 5.32 Å². The minimum atomic E-state index is -0.0220. The van der Waals surface area contributed by atoms with Crippen LogP contribution in [-0.2, 0) is 13.2 Å². The largest absolute Gasteiger partial charge is 0.489 e. The summed E-state index contributed by atoms with van der Waals surface area (Å²) in [5, 5.41) is 3.10. The molecule has 1 amide bonds. The molecule has 0 atom stereocenters. The van der Waals surface area contributed by atoms with Gasteiger partial charge in [-0.15, -0.1) is 0 Å². The van der Waals surface area contributed by atoms with Gasteiger partial charge in [-0.3, -0.25) is 4.79 Å². The molecule has 3 N–H and O–H groups in total. The van der Waals surface area contributed by atoms with Gasteiger partial charge in [-0.05, 0) is 36.6 Å². The Morgan fingerprint density at radius 1 is 1.12 bits per heavy atom. The smallest absolute Gasteiger partial charge is 0.251 e. The number of amides is 1. The van der Waals surface area contributed by atoms with Gasteiger partial charge in [-0.25, -0.2) is 0 Å². The first-order valence-corrected chi connectivity index (χ1v) is 8.57. The summed E-state index contributed by atoms with van der Waals surface area (Å²) >= 11 is 0. The lowest BCUT2D eigenvalue weighted by molar-refractivity contribution is 0.0937. The van der Waals surface area contributed by atoms with E-state index in [9.17, 15) is 4.79 Å². The van der Waals surface area contributed by atoms with Crippen LogP contribution in [-0.4, -0.2) is 11.9 Å². The lowest BCUT2D eigenvalue weighted by Crippen LogP contribution is -2.32. The maximum Gasteiger partial charge on any atom is 0.251 e. The standard InChI is InChI=1S/C20H24N2O2/c21-13-17-12-16(20(23)22-18-8-4-5-9-18)10-11-19(17)24-14-15-6-2-1-3-7-15/h1-3,6-7,10-12,18H,4-5,8-9,13-14,21H2,(H,22,23). The molecule has 1 fully saturated rings. The van der Waals surface area contributed by atoms with Gasteiger partial charge in [0, 0.05) is 23.7 Å². The third-order valence-electron chi connectivity index (χ3n) is 4.47. The average Bonchev–Trinajstić information content (AvgIpc) is 3.13. The monoisotopic (exact) mass is 324 g/mol. The van der Waals surface area contributed by atoms with Gasteiger partial charge >= 0.3 is 0 Å². The van der Waals surface area contributed by atoms with E-state index in [2.05, 4.69) is 5.32 Å². The molecule has 0 bridgehead atoms. The molecule has 0 radical (unpaired) electrons. The zero-order chi connectivity index (χ0) is 16.8. The van der Waals surface area contributed by atoms with E-state index >= 15 is 0 Å². The molecular formula is C20H24N2O2. The summed E-state index contributed by atoms with van der Waals surface area (Å²) in [5.74, 6) is 0.713. The van der Waals surface area contributed by atoms with Crippen molar-refractivity contribution in [3.05, 3.63) is 65.2 Å². The molecule has 0 heterocycles. The number of rotatable bonds is 6. The number of nitrogens with two attached hydrogens (primary N) is 1. The molecule has 2 aromatic carbocycles. The quantitative estimate of drug-likeness (QED) is 0.856. The van der Waals surface area contributed by atoms with Gasteiger partial charge in [0.2, 0.25) is 0 Å². The van der Waals surface area contributed by atoms with Gasteiger partial charge in [0.25, 0.3) is 5.91 Å². The number of ether oxygens (including phenoxy) is 1. The molecule has 3 rings (SSSR count). The van der Waals surface area contributed by atoms with Gasteiger partial charge in [0.15, 0.2) is 0 Å². The van der Waals surface area contributed by atoms with Crippen LogP contribution < -0.4 is 15.8 Å². The van der Waals surface area contributed by atoms with Crippen molar-refractivity contribution in [2.24, 2.45) is 5.73 Å². The molecular weight excluding hydrogens is 300 g/mol. The van der Waals surface area contributed by atoms with E-state index in [-0.39, 0.29) is 5.91 Å². The summed E-state index contributed by atoms with van der Waals surface area (Å²) in [6.45, 7) is 0.829. The van der Waals surface area contributed by atoms with Crippen LogP contribution in [0.25, 0.3) is 0 Å². The Labute approximate surface area is 143 Å². The lowest BCUT2D eigenvalue weighted by atomic mass is 10.1. The lowest BCUT2D eigenvalue weighted by Gasteiger charge is -2.14. The minimum absolute atomic E-state index is 0.0220. The number of hydrogen-bond acceptors (Lipinski definition) is 3. The molecule has 1 saturated carbocycles. The molecule has 0 aliphatic heterocycles. The zero-order valence-electron chi connectivity index (χ0n) is 13.8. The van der Waals surface area contributed by atoms with Crippen molar-refractivity contribution in [3.63, 3.8) is 0 Å². The zero-order valence-corrected chi connectivity index (χ0v) is 13.8. The summed E-state index contributed by atoms with van der Waals surface area (Å²) in [4.78, 5) is 12.4. The predicted molar refractivity (Wildman–Crippen MR) is 94.8 cm³/mol. The Hall–Kier alpha value is -2.33. The van der Waals surface area contributed by atoms with E-state index in [4.69, 9.17) is 10.5 Å². The second kappa shape index (κ2) is 7.97. The number of nitrogens with one attached hydrogen (secondary N) is 1. The molecule has 0 saturated heterocycles. The van der Waals surface area contributed by atoms with Crippen LogP contribution in [0.4, 0.5) is 0 Å². The Morgan fingerprint density at radius 2 is 1.88 bits per heavy atom.